The minimum Gasteiger partial charge on any atom is -0.406 e. The lowest BCUT2D eigenvalue weighted by Crippen LogP contribution is -2.30. The molecule has 4 rings (SSSR count). The van der Waals surface area contributed by atoms with Crippen molar-refractivity contribution in [2.45, 2.75) is 57.7 Å². The van der Waals surface area contributed by atoms with Crippen LogP contribution in [0.3, 0.4) is 0 Å². The summed E-state index contributed by atoms with van der Waals surface area (Å²) in [6.07, 6.45) is -1.14. The van der Waals surface area contributed by atoms with Gasteiger partial charge in [0.15, 0.2) is 0 Å². The Bertz CT molecular complexity index is 1320. The predicted octanol–water partition coefficient (Wildman–Crippen LogP) is 5.37. The molecule has 9 nitrogen and oxygen atoms in total. The first kappa shape index (κ1) is 29.6. The Balaban J connectivity index is 1.58. The number of hydrogen-bond donors (Lipinski definition) is 2. The Morgan fingerprint density at radius 1 is 1.20 bits per heavy atom. The van der Waals surface area contributed by atoms with Crippen LogP contribution in [0.2, 0.25) is 25.7 Å². The van der Waals surface area contributed by atoms with E-state index in [4.69, 9.17) is 4.74 Å². The van der Waals surface area contributed by atoms with E-state index in [1.54, 1.807) is 23.9 Å². The van der Waals surface area contributed by atoms with E-state index in [2.05, 4.69) is 39.8 Å². The molecule has 1 amide bonds. The maximum absolute atomic E-state index is 13.1. The number of aliphatic hydroxyl groups is 1. The van der Waals surface area contributed by atoms with Crippen molar-refractivity contribution in [1.82, 2.24) is 14.8 Å². The molecule has 0 saturated carbocycles. The second kappa shape index (κ2) is 11.6. The van der Waals surface area contributed by atoms with Gasteiger partial charge in [-0.05, 0) is 55.8 Å². The molecule has 2 N–H and O–H groups in total. The number of nitrogens with one attached hydrogen (secondary N) is 1. The van der Waals surface area contributed by atoms with Gasteiger partial charge in [-0.15, -0.1) is 13.2 Å². The van der Waals surface area contributed by atoms with E-state index in [0.717, 1.165) is 18.2 Å². The summed E-state index contributed by atoms with van der Waals surface area (Å²) in [4.78, 5) is 19.7. The van der Waals surface area contributed by atoms with Crippen LogP contribution in [0.4, 0.5) is 24.7 Å². The van der Waals surface area contributed by atoms with Crippen LogP contribution in [0, 0.1) is 0 Å². The van der Waals surface area contributed by atoms with E-state index in [1.165, 1.54) is 18.3 Å². The Kier molecular flexibility index (Phi) is 8.56. The third-order valence-electron chi connectivity index (χ3n) is 6.43. The zero-order chi connectivity index (χ0) is 29.1. The molecule has 3 aromatic rings. The van der Waals surface area contributed by atoms with E-state index in [0.29, 0.717) is 48.9 Å². The number of amides is 1. The second-order valence-electron chi connectivity index (χ2n) is 11.4. The van der Waals surface area contributed by atoms with Gasteiger partial charge in [0, 0.05) is 51.4 Å². The topological polar surface area (TPSA) is 102 Å². The summed E-state index contributed by atoms with van der Waals surface area (Å²) >= 11 is 0. The number of carbonyl (C=O) groups is 1. The fourth-order valence-corrected chi connectivity index (χ4v) is 5.04. The van der Waals surface area contributed by atoms with Crippen molar-refractivity contribution in [3.05, 3.63) is 54.4 Å². The number of ether oxygens (including phenoxy) is 2. The highest BCUT2D eigenvalue weighted by molar-refractivity contribution is 6.76. The second-order valence-corrected chi connectivity index (χ2v) is 17.0. The van der Waals surface area contributed by atoms with Crippen LogP contribution in [-0.4, -0.2) is 65.5 Å². The largest absolute Gasteiger partial charge is 0.573 e. The van der Waals surface area contributed by atoms with Crippen LogP contribution in [0.5, 0.6) is 5.75 Å². The minimum atomic E-state index is -4.80. The van der Waals surface area contributed by atoms with Gasteiger partial charge in [-0.3, -0.25) is 4.79 Å². The molecule has 0 bridgehead atoms. The minimum absolute atomic E-state index is 0.229. The summed E-state index contributed by atoms with van der Waals surface area (Å²) in [5.74, 6) is -0.275. The molecule has 0 radical (unpaired) electrons. The number of rotatable bonds is 10. The van der Waals surface area contributed by atoms with Crippen molar-refractivity contribution in [3.8, 4) is 17.0 Å². The zero-order valence-electron chi connectivity index (χ0n) is 23.0. The molecule has 0 aliphatic carbocycles. The van der Waals surface area contributed by atoms with Crippen LogP contribution in [0.25, 0.3) is 11.3 Å². The molecule has 13 heteroatoms. The van der Waals surface area contributed by atoms with Gasteiger partial charge in [0.2, 0.25) is 0 Å². The molecule has 0 spiro atoms. The standard InChI is InChI=1S/C27H34F3N5O4Si/c1-26(37)10-12-34(17-26)24-22(23-9-11-32-35(23)18-38-13-14-40(2,3)4)15-19(16-31-24)25(36)33-20-5-7-21(8-6-20)39-27(28,29)30/h5-9,11,15-16,37H,10,12-14,17-18H2,1-4H3,(H,33,36)/t26-/m0/s1. The number of nitrogens with zero attached hydrogens (tertiary/aromatic N) is 4. The number of carbonyl (C=O) groups excluding carboxylic acids is 1. The van der Waals surface area contributed by atoms with Crippen molar-refractivity contribution < 1.29 is 32.5 Å². The lowest BCUT2D eigenvalue weighted by molar-refractivity contribution is -0.274. The van der Waals surface area contributed by atoms with Gasteiger partial charge in [-0.1, -0.05) is 19.6 Å². The number of pyridine rings is 1. The zero-order valence-corrected chi connectivity index (χ0v) is 24.0. The molecule has 1 aliphatic rings. The first-order valence-electron chi connectivity index (χ1n) is 12.9. The average Bonchev–Trinajstić information content (AvgIpc) is 3.47. The van der Waals surface area contributed by atoms with Gasteiger partial charge >= 0.3 is 6.36 Å². The fraction of sp³-hybridized carbons (Fsp3) is 0.444. The Morgan fingerprint density at radius 3 is 2.55 bits per heavy atom. The highest BCUT2D eigenvalue weighted by Gasteiger charge is 2.34. The molecule has 2 aromatic heterocycles. The van der Waals surface area contributed by atoms with E-state index < -0.39 is 25.9 Å². The highest BCUT2D eigenvalue weighted by atomic mass is 28.3. The van der Waals surface area contributed by atoms with Crippen molar-refractivity contribution >= 4 is 25.5 Å². The van der Waals surface area contributed by atoms with Crippen molar-refractivity contribution in [2.75, 3.05) is 29.9 Å². The molecule has 3 heterocycles. The molecule has 216 valence electrons. The van der Waals surface area contributed by atoms with E-state index in [-0.39, 0.29) is 18.0 Å². The molecule has 1 aliphatic heterocycles. The lowest BCUT2D eigenvalue weighted by Gasteiger charge is -2.23. The van der Waals surface area contributed by atoms with Gasteiger partial charge in [0.25, 0.3) is 5.91 Å². The number of hydrogen-bond acceptors (Lipinski definition) is 7. The van der Waals surface area contributed by atoms with Gasteiger partial charge < -0.3 is 24.8 Å². The smallest absolute Gasteiger partial charge is 0.406 e. The molecule has 1 fully saturated rings. The van der Waals surface area contributed by atoms with E-state index >= 15 is 0 Å². The van der Waals surface area contributed by atoms with Gasteiger partial charge in [-0.25, -0.2) is 9.67 Å². The van der Waals surface area contributed by atoms with Gasteiger partial charge in [0.1, 0.15) is 18.3 Å². The molecule has 40 heavy (non-hydrogen) atoms. The average molecular weight is 578 g/mol. The normalized spacial score (nSPS) is 17.8. The Morgan fingerprint density at radius 2 is 1.93 bits per heavy atom. The van der Waals surface area contributed by atoms with Crippen LogP contribution in [0.1, 0.15) is 23.7 Å². The summed E-state index contributed by atoms with van der Waals surface area (Å²) in [5, 5.41) is 17.7. The Labute approximate surface area is 231 Å². The molecule has 1 saturated heterocycles. The molecule has 1 atom stereocenters. The SMILES string of the molecule is C[C@]1(O)CCN(c2ncc(C(=O)Nc3ccc(OC(F)(F)F)cc3)cc2-c2ccnn2COCC[Si](C)(C)C)C1. The van der Waals surface area contributed by atoms with Crippen LogP contribution >= 0.6 is 0 Å². The Hall–Kier alpha value is -3.42. The molecule has 0 unspecified atom stereocenters. The predicted molar refractivity (Wildman–Crippen MR) is 148 cm³/mol. The quantitative estimate of drug-likeness (QED) is 0.247. The molecular weight excluding hydrogens is 543 g/mol. The summed E-state index contributed by atoms with van der Waals surface area (Å²) in [7, 11) is -1.26. The number of alkyl halides is 3. The van der Waals surface area contributed by atoms with Crippen LogP contribution in [-0.2, 0) is 11.5 Å². The highest BCUT2D eigenvalue weighted by Crippen LogP contribution is 2.34. The van der Waals surface area contributed by atoms with Crippen LogP contribution < -0.4 is 15.0 Å². The van der Waals surface area contributed by atoms with E-state index in [9.17, 15) is 23.1 Å². The third kappa shape index (κ3) is 8.05. The van der Waals surface area contributed by atoms with Crippen LogP contribution in [0.15, 0.2) is 48.8 Å². The third-order valence-corrected chi connectivity index (χ3v) is 8.13. The molecular formula is C27H34F3N5O4Si. The summed E-state index contributed by atoms with van der Waals surface area (Å²) in [6, 6.07) is 9.41. The van der Waals surface area contributed by atoms with Crippen molar-refractivity contribution in [3.63, 3.8) is 0 Å². The van der Waals surface area contributed by atoms with Crippen molar-refractivity contribution in [2.24, 2.45) is 0 Å². The number of benzene rings is 1. The molecule has 1 aromatic carbocycles. The van der Waals surface area contributed by atoms with Crippen molar-refractivity contribution in [1.29, 1.82) is 0 Å². The number of β-amino-alcohol motifs (C(OH)–C–C–N with tert-alkyl or cyclic N) is 1. The maximum Gasteiger partial charge on any atom is 0.573 e. The number of halogens is 3. The first-order chi connectivity index (χ1) is 18.7. The summed E-state index contributed by atoms with van der Waals surface area (Å²) < 4.78 is 48.8. The number of aromatic nitrogens is 3. The monoisotopic (exact) mass is 577 g/mol. The maximum atomic E-state index is 13.1. The lowest BCUT2D eigenvalue weighted by atomic mass is 10.1. The summed E-state index contributed by atoms with van der Waals surface area (Å²) in [5.41, 5.74) is 1.02. The fourth-order valence-electron chi connectivity index (χ4n) is 4.29. The van der Waals surface area contributed by atoms with Gasteiger partial charge in [-0.2, -0.15) is 5.10 Å². The van der Waals surface area contributed by atoms with Gasteiger partial charge in [0.05, 0.1) is 16.9 Å². The first-order valence-corrected chi connectivity index (χ1v) is 16.6. The van der Waals surface area contributed by atoms with E-state index in [1.807, 2.05) is 11.0 Å². The summed E-state index contributed by atoms with van der Waals surface area (Å²) in [6.45, 7) is 10.4. The number of anilines is 2.